The Bertz CT molecular complexity index is 403. The van der Waals surface area contributed by atoms with Gasteiger partial charge in [0, 0.05) is 12.6 Å². The molecule has 0 amide bonds. The minimum Gasteiger partial charge on any atom is -0.481 e. The fraction of sp³-hybridized carbons (Fsp3) is 0.462. The molecule has 16 heavy (non-hydrogen) atoms. The van der Waals surface area contributed by atoms with Crippen LogP contribution in [0.15, 0.2) is 24.3 Å². The minimum atomic E-state index is -0.665. The molecule has 0 radical (unpaired) electrons. The van der Waals surface area contributed by atoms with E-state index < -0.39 is 5.97 Å². The van der Waals surface area contributed by atoms with Crippen LogP contribution in [-0.4, -0.2) is 29.1 Å². The van der Waals surface area contributed by atoms with Crippen LogP contribution in [0.4, 0.5) is 0 Å². The minimum absolute atomic E-state index is 0.158. The van der Waals surface area contributed by atoms with Crippen LogP contribution in [0.3, 0.4) is 0 Å². The van der Waals surface area contributed by atoms with E-state index in [0.29, 0.717) is 0 Å². The van der Waals surface area contributed by atoms with Gasteiger partial charge in [0.2, 0.25) is 0 Å². The van der Waals surface area contributed by atoms with Gasteiger partial charge in [-0.2, -0.15) is 0 Å². The molecular formula is C13H17NO2. The Kier molecular flexibility index (Phi) is 2.97. The zero-order chi connectivity index (χ0) is 11.7. The number of rotatable bonds is 4. The van der Waals surface area contributed by atoms with Gasteiger partial charge in [-0.05, 0) is 31.5 Å². The van der Waals surface area contributed by atoms with E-state index in [0.717, 1.165) is 13.0 Å². The van der Waals surface area contributed by atoms with Gasteiger partial charge in [-0.25, -0.2) is 0 Å². The second kappa shape index (κ2) is 4.26. The first-order chi connectivity index (χ1) is 7.59. The van der Waals surface area contributed by atoms with E-state index >= 15 is 0 Å². The SMILES string of the molecule is Cc1ccccc1CN(C)C1CC1C(=O)O. The van der Waals surface area contributed by atoms with E-state index in [4.69, 9.17) is 5.11 Å². The normalized spacial score (nSPS) is 23.4. The third-order valence-corrected chi connectivity index (χ3v) is 3.32. The monoisotopic (exact) mass is 219 g/mol. The lowest BCUT2D eigenvalue weighted by Gasteiger charge is -2.17. The number of aryl methyl sites for hydroxylation is 1. The van der Waals surface area contributed by atoms with Gasteiger partial charge in [-0.3, -0.25) is 9.69 Å². The van der Waals surface area contributed by atoms with Crippen LogP contribution >= 0.6 is 0 Å². The van der Waals surface area contributed by atoms with Crippen molar-refractivity contribution in [1.29, 1.82) is 0 Å². The van der Waals surface area contributed by atoms with Crippen molar-refractivity contribution in [2.75, 3.05) is 7.05 Å². The summed E-state index contributed by atoms with van der Waals surface area (Å²) in [5.74, 6) is -0.823. The molecule has 1 aliphatic carbocycles. The van der Waals surface area contributed by atoms with E-state index in [1.54, 1.807) is 0 Å². The lowest BCUT2D eigenvalue weighted by molar-refractivity contribution is -0.138. The van der Waals surface area contributed by atoms with E-state index in [1.807, 2.05) is 19.2 Å². The van der Waals surface area contributed by atoms with Gasteiger partial charge in [0.05, 0.1) is 5.92 Å². The van der Waals surface area contributed by atoms with Crippen molar-refractivity contribution >= 4 is 5.97 Å². The Morgan fingerprint density at radius 3 is 2.75 bits per heavy atom. The van der Waals surface area contributed by atoms with Gasteiger partial charge in [0.25, 0.3) is 0 Å². The Hall–Kier alpha value is -1.35. The fourth-order valence-corrected chi connectivity index (χ4v) is 2.11. The highest BCUT2D eigenvalue weighted by atomic mass is 16.4. The molecule has 2 rings (SSSR count). The van der Waals surface area contributed by atoms with Crippen molar-refractivity contribution in [2.24, 2.45) is 5.92 Å². The van der Waals surface area contributed by atoms with E-state index in [-0.39, 0.29) is 12.0 Å². The summed E-state index contributed by atoms with van der Waals surface area (Å²) in [7, 11) is 2.00. The predicted molar refractivity (Wildman–Crippen MR) is 62.2 cm³/mol. The number of benzene rings is 1. The van der Waals surface area contributed by atoms with Crippen LogP contribution in [-0.2, 0) is 11.3 Å². The molecule has 3 nitrogen and oxygen atoms in total. The number of nitrogens with zero attached hydrogens (tertiary/aromatic N) is 1. The molecule has 0 heterocycles. The van der Waals surface area contributed by atoms with Gasteiger partial charge < -0.3 is 5.11 Å². The molecule has 1 fully saturated rings. The van der Waals surface area contributed by atoms with Crippen molar-refractivity contribution in [1.82, 2.24) is 4.90 Å². The summed E-state index contributed by atoms with van der Waals surface area (Å²) in [4.78, 5) is 12.9. The zero-order valence-corrected chi connectivity index (χ0v) is 9.68. The molecule has 0 spiro atoms. The average molecular weight is 219 g/mol. The van der Waals surface area contributed by atoms with E-state index in [2.05, 4.69) is 24.0 Å². The maximum absolute atomic E-state index is 10.8. The molecule has 0 bridgehead atoms. The average Bonchev–Trinajstić information content (AvgIpc) is 3.01. The first-order valence-corrected chi connectivity index (χ1v) is 5.57. The maximum atomic E-state index is 10.8. The number of carboxylic acids is 1. The number of carbonyl (C=O) groups is 1. The zero-order valence-electron chi connectivity index (χ0n) is 9.68. The third-order valence-electron chi connectivity index (χ3n) is 3.32. The quantitative estimate of drug-likeness (QED) is 0.840. The van der Waals surface area contributed by atoms with Crippen LogP contribution in [0.1, 0.15) is 17.5 Å². The molecule has 1 saturated carbocycles. The molecule has 0 saturated heterocycles. The Morgan fingerprint density at radius 1 is 1.50 bits per heavy atom. The lowest BCUT2D eigenvalue weighted by Crippen LogP contribution is -2.23. The van der Waals surface area contributed by atoms with Crippen LogP contribution in [0, 0.1) is 12.8 Å². The summed E-state index contributed by atoms with van der Waals surface area (Å²) < 4.78 is 0. The smallest absolute Gasteiger partial charge is 0.308 e. The number of hydrogen-bond donors (Lipinski definition) is 1. The van der Waals surface area contributed by atoms with Crippen molar-refractivity contribution in [3.05, 3.63) is 35.4 Å². The Morgan fingerprint density at radius 2 is 2.19 bits per heavy atom. The van der Waals surface area contributed by atoms with Gasteiger partial charge >= 0.3 is 5.97 Å². The Labute approximate surface area is 95.7 Å². The van der Waals surface area contributed by atoms with Gasteiger partial charge in [-0.15, -0.1) is 0 Å². The largest absolute Gasteiger partial charge is 0.481 e. The molecular weight excluding hydrogens is 202 g/mol. The first-order valence-electron chi connectivity index (χ1n) is 5.57. The summed E-state index contributed by atoms with van der Waals surface area (Å²) in [5.41, 5.74) is 2.54. The second-order valence-electron chi connectivity index (χ2n) is 4.59. The lowest BCUT2D eigenvalue weighted by atomic mass is 10.1. The molecule has 86 valence electrons. The maximum Gasteiger partial charge on any atom is 0.308 e. The van der Waals surface area contributed by atoms with Crippen LogP contribution in [0.25, 0.3) is 0 Å². The molecule has 1 aromatic rings. The van der Waals surface area contributed by atoms with E-state index in [9.17, 15) is 4.79 Å². The highest BCUT2D eigenvalue weighted by molar-refractivity contribution is 5.74. The summed E-state index contributed by atoms with van der Waals surface area (Å²) >= 11 is 0. The highest BCUT2D eigenvalue weighted by Crippen LogP contribution is 2.35. The molecule has 2 unspecified atom stereocenters. The van der Waals surface area contributed by atoms with Crippen molar-refractivity contribution in [3.8, 4) is 0 Å². The summed E-state index contributed by atoms with van der Waals surface area (Å²) in [6.07, 6.45) is 0.789. The number of hydrogen-bond acceptors (Lipinski definition) is 2. The fourth-order valence-electron chi connectivity index (χ4n) is 2.11. The van der Waals surface area contributed by atoms with Crippen LogP contribution in [0.2, 0.25) is 0 Å². The summed E-state index contributed by atoms with van der Waals surface area (Å²) in [6, 6.07) is 8.46. The molecule has 2 atom stereocenters. The number of aliphatic carboxylic acids is 1. The first kappa shape index (κ1) is 11.1. The second-order valence-corrected chi connectivity index (χ2v) is 4.59. The van der Waals surface area contributed by atoms with Gasteiger partial charge in [0.1, 0.15) is 0 Å². The standard InChI is InChI=1S/C13H17NO2/c1-9-5-3-4-6-10(9)8-14(2)12-7-11(12)13(15)16/h3-6,11-12H,7-8H2,1-2H3,(H,15,16). The Balaban J connectivity index is 1.96. The van der Waals surface area contributed by atoms with Crippen molar-refractivity contribution in [3.63, 3.8) is 0 Å². The topological polar surface area (TPSA) is 40.5 Å². The predicted octanol–water partition coefficient (Wildman–Crippen LogP) is 1.90. The van der Waals surface area contributed by atoms with Gasteiger partial charge in [0.15, 0.2) is 0 Å². The van der Waals surface area contributed by atoms with Crippen molar-refractivity contribution in [2.45, 2.75) is 25.9 Å². The molecule has 1 aliphatic rings. The van der Waals surface area contributed by atoms with Crippen LogP contribution < -0.4 is 0 Å². The molecule has 1 aromatic carbocycles. The molecule has 1 N–H and O–H groups in total. The van der Waals surface area contributed by atoms with Gasteiger partial charge in [-0.1, -0.05) is 24.3 Å². The molecule has 3 heteroatoms. The summed E-state index contributed by atoms with van der Waals surface area (Å²) in [6.45, 7) is 2.92. The highest BCUT2D eigenvalue weighted by Gasteiger charge is 2.45. The molecule has 0 aliphatic heterocycles. The number of carboxylic acid groups (broad SMARTS) is 1. The third kappa shape index (κ3) is 2.25. The summed E-state index contributed by atoms with van der Waals surface area (Å²) in [5, 5.41) is 8.87. The van der Waals surface area contributed by atoms with Crippen LogP contribution in [0.5, 0.6) is 0 Å². The van der Waals surface area contributed by atoms with E-state index in [1.165, 1.54) is 11.1 Å². The van der Waals surface area contributed by atoms with Crippen molar-refractivity contribution < 1.29 is 9.90 Å². The molecule has 0 aromatic heterocycles.